The van der Waals surface area contributed by atoms with Gasteiger partial charge in [-0.25, -0.2) is 0 Å². The third kappa shape index (κ3) is 3.53. The van der Waals surface area contributed by atoms with E-state index in [1.165, 1.54) is 5.56 Å². The van der Waals surface area contributed by atoms with Crippen LogP contribution in [-0.4, -0.2) is 6.54 Å². The van der Waals surface area contributed by atoms with Crippen molar-refractivity contribution in [3.8, 4) is 0 Å². The molecule has 0 aromatic heterocycles. The quantitative estimate of drug-likeness (QED) is 0.830. The van der Waals surface area contributed by atoms with Gasteiger partial charge in [-0.2, -0.15) is 0 Å². The van der Waals surface area contributed by atoms with Crippen molar-refractivity contribution in [1.82, 2.24) is 0 Å². The van der Waals surface area contributed by atoms with Crippen molar-refractivity contribution in [2.45, 2.75) is 6.42 Å². The van der Waals surface area contributed by atoms with Crippen molar-refractivity contribution >= 4 is 39.9 Å². The van der Waals surface area contributed by atoms with Crippen LogP contribution in [0.3, 0.4) is 0 Å². The molecule has 62 valence electrons. The first kappa shape index (κ1) is 11.4. The molecule has 0 aliphatic rings. The highest BCUT2D eigenvalue weighted by Gasteiger charge is 1.94. The molecule has 2 N–H and O–H groups in total. The molecule has 0 amide bonds. The Morgan fingerprint density at radius 1 is 1.27 bits per heavy atom. The molecule has 0 heterocycles. The van der Waals surface area contributed by atoms with E-state index in [9.17, 15) is 0 Å². The van der Waals surface area contributed by atoms with Gasteiger partial charge in [-0.1, -0.05) is 34.1 Å². The van der Waals surface area contributed by atoms with E-state index in [2.05, 4.69) is 22.0 Å². The van der Waals surface area contributed by atoms with E-state index in [0.717, 1.165) is 10.9 Å². The average molecular weight is 328 g/mol. The lowest BCUT2D eigenvalue weighted by Gasteiger charge is -1.99. The predicted octanol–water partition coefficient (Wildman–Crippen LogP) is 2.57. The molecular weight excluding hydrogens is 317 g/mol. The highest BCUT2D eigenvalue weighted by atomic mass is 127. The summed E-state index contributed by atoms with van der Waals surface area (Å²) in [6.45, 7) is 0.711. The minimum Gasteiger partial charge on any atom is -0.330 e. The largest absolute Gasteiger partial charge is 0.330 e. The van der Waals surface area contributed by atoms with Gasteiger partial charge in [0.2, 0.25) is 0 Å². The molecule has 0 bridgehead atoms. The van der Waals surface area contributed by atoms with E-state index >= 15 is 0 Å². The lowest BCUT2D eigenvalue weighted by molar-refractivity contribution is 0.963. The first-order valence-electron chi connectivity index (χ1n) is 3.28. The minimum atomic E-state index is 0. The summed E-state index contributed by atoms with van der Waals surface area (Å²) in [4.78, 5) is 0. The molecule has 1 aromatic rings. The van der Waals surface area contributed by atoms with Gasteiger partial charge in [-0.3, -0.25) is 0 Å². The van der Waals surface area contributed by atoms with E-state index in [4.69, 9.17) is 5.73 Å². The van der Waals surface area contributed by atoms with Crippen LogP contribution in [0.2, 0.25) is 0 Å². The molecule has 0 spiro atoms. The zero-order chi connectivity index (χ0) is 7.40. The van der Waals surface area contributed by atoms with Crippen LogP contribution in [0.5, 0.6) is 0 Å². The van der Waals surface area contributed by atoms with Crippen LogP contribution in [0.15, 0.2) is 28.7 Å². The zero-order valence-corrected chi connectivity index (χ0v) is 10.0. The van der Waals surface area contributed by atoms with E-state index in [1.807, 2.05) is 18.2 Å². The fourth-order valence-electron chi connectivity index (χ4n) is 0.857. The van der Waals surface area contributed by atoms with Gasteiger partial charge in [0.05, 0.1) is 0 Å². The second-order valence-corrected chi connectivity index (χ2v) is 2.98. The summed E-state index contributed by atoms with van der Waals surface area (Å²) in [5.74, 6) is 0. The van der Waals surface area contributed by atoms with Crippen molar-refractivity contribution in [2.24, 2.45) is 5.73 Å². The van der Waals surface area contributed by atoms with Crippen LogP contribution >= 0.6 is 39.9 Å². The molecule has 0 saturated heterocycles. The molecule has 0 fully saturated rings. The highest BCUT2D eigenvalue weighted by Crippen LogP contribution is 2.15. The molecule has 0 saturated carbocycles. The summed E-state index contributed by atoms with van der Waals surface area (Å²) in [6.07, 6.45) is 0.946. The second-order valence-electron chi connectivity index (χ2n) is 2.13. The molecule has 0 aliphatic carbocycles. The van der Waals surface area contributed by atoms with E-state index in [-0.39, 0.29) is 24.0 Å². The van der Waals surface area contributed by atoms with Crippen molar-refractivity contribution in [2.75, 3.05) is 6.54 Å². The van der Waals surface area contributed by atoms with E-state index < -0.39 is 0 Å². The molecule has 1 nitrogen and oxygen atoms in total. The molecule has 11 heavy (non-hydrogen) atoms. The Bertz CT molecular complexity index is 215. The average Bonchev–Trinajstić information content (AvgIpc) is 1.94. The molecule has 3 heteroatoms. The molecule has 0 atom stereocenters. The van der Waals surface area contributed by atoms with Gasteiger partial charge in [-0.15, -0.1) is 24.0 Å². The predicted molar refractivity (Wildman–Crippen MR) is 62.3 cm³/mol. The van der Waals surface area contributed by atoms with Crippen molar-refractivity contribution in [3.63, 3.8) is 0 Å². The third-order valence-electron chi connectivity index (χ3n) is 1.37. The maximum atomic E-state index is 5.41. The first-order chi connectivity index (χ1) is 4.84. The Kier molecular flexibility index (Phi) is 6.18. The lowest BCUT2D eigenvalue weighted by atomic mass is 10.2. The molecular formula is C8H11BrIN. The van der Waals surface area contributed by atoms with Crippen LogP contribution in [-0.2, 0) is 6.42 Å². The van der Waals surface area contributed by atoms with Crippen molar-refractivity contribution in [1.29, 1.82) is 0 Å². The number of benzene rings is 1. The minimum absolute atomic E-state index is 0. The summed E-state index contributed by atoms with van der Waals surface area (Å²) < 4.78 is 1.15. The van der Waals surface area contributed by atoms with Crippen LogP contribution in [0.4, 0.5) is 0 Å². The summed E-state index contributed by atoms with van der Waals surface area (Å²) in [7, 11) is 0. The fourth-order valence-corrected chi connectivity index (χ4v) is 1.34. The molecule has 1 aromatic carbocycles. The van der Waals surface area contributed by atoms with Crippen molar-refractivity contribution in [3.05, 3.63) is 34.3 Å². The first-order valence-corrected chi connectivity index (χ1v) is 4.07. The highest BCUT2D eigenvalue weighted by molar-refractivity contribution is 14.0. The van der Waals surface area contributed by atoms with Gasteiger partial charge >= 0.3 is 0 Å². The molecule has 0 radical (unpaired) electrons. The lowest BCUT2D eigenvalue weighted by Crippen LogP contribution is -2.02. The third-order valence-corrected chi connectivity index (χ3v) is 2.15. The van der Waals surface area contributed by atoms with Gasteiger partial charge in [-0.05, 0) is 24.6 Å². The van der Waals surface area contributed by atoms with Crippen LogP contribution in [0.25, 0.3) is 0 Å². The normalized spacial score (nSPS) is 8.91. The summed E-state index contributed by atoms with van der Waals surface area (Å²) in [5.41, 5.74) is 6.69. The number of hydrogen-bond acceptors (Lipinski definition) is 1. The Balaban J connectivity index is 0.000001000. The fraction of sp³-hybridized carbons (Fsp3) is 0.250. The number of rotatable bonds is 2. The zero-order valence-electron chi connectivity index (χ0n) is 6.09. The Labute approximate surface area is 92.5 Å². The van der Waals surface area contributed by atoms with E-state index in [1.54, 1.807) is 0 Å². The smallest absolute Gasteiger partial charge is 0.0207 e. The topological polar surface area (TPSA) is 26.0 Å². The summed E-state index contributed by atoms with van der Waals surface area (Å²) in [5, 5.41) is 0. The number of halogens is 2. The van der Waals surface area contributed by atoms with Gasteiger partial charge in [0.25, 0.3) is 0 Å². The molecule has 0 aliphatic heterocycles. The van der Waals surface area contributed by atoms with Gasteiger partial charge in [0, 0.05) is 4.47 Å². The SMILES string of the molecule is I.NCCc1ccccc1Br. The monoisotopic (exact) mass is 327 g/mol. The van der Waals surface area contributed by atoms with Crippen molar-refractivity contribution < 1.29 is 0 Å². The standard InChI is InChI=1S/C8H10BrN.HI/c9-8-4-2-1-3-7(8)5-6-10;/h1-4H,5-6,10H2;1H. The molecule has 0 unspecified atom stereocenters. The van der Waals surface area contributed by atoms with Crippen LogP contribution in [0, 0.1) is 0 Å². The van der Waals surface area contributed by atoms with Gasteiger partial charge < -0.3 is 5.73 Å². The molecule has 1 rings (SSSR count). The Morgan fingerprint density at radius 2 is 1.91 bits per heavy atom. The number of hydrogen-bond donors (Lipinski definition) is 1. The number of nitrogens with two attached hydrogens (primary N) is 1. The van der Waals surface area contributed by atoms with Gasteiger partial charge in [0.15, 0.2) is 0 Å². The maximum Gasteiger partial charge on any atom is 0.0207 e. The maximum absolute atomic E-state index is 5.41. The Morgan fingerprint density at radius 3 is 2.45 bits per heavy atom. The Hall–Kier alpha value is 0.390. The summed E-state index contributed by atoms with van der Waals surface area (Å²) in [6, 6.07) is 8.14. The van der Waals surface area contributed by atoms with Crippen LogP contribution < -0.4 is 5.73 Å². The van der Waals surface area contributed by atoms with Crippen LogP contribution in [0.1, 0.15) is 5.56 Å². The van der Waals surface area contributed by atoms with E-state index in [0.29, 0.717) is 6.54 Å². The van der Waals surface area contributed by atoms with Gasteiger partial charge in [0.1, 0.15) is 0 Å². The second kappa shape index (κ2) is 5.97. The summed E-state index contributed by atoms with van der Waals surface area (Å²) >= 11 is 3.44.